The molecule has 1 aliphatic carbocycles. The van der Waals surface area contributed by atoms with Gasteiger partial charge in [0, 0.05) is 5.69 Å². The number of nitrogen functional groups attached to an aromatic ring is 1. The third-order valence-corrected chi connectivity index (χ3v) is 3.00. The van der Waals surface area contributed by atoms with Crippen LogP contribution >= 0.6 is 0 Å². The highest BCUT2D eigenvalue weighted by Crippen LogP contribution is 2.32. The molecule has 0 fully saturated rings. The van der Waals surface area contributed by atoms with Gasteiger partial charge in [-0.05, 0) is 47.1 Å². The average molecular weight is 201 g/mol. The number of hydrogen-bond acceptors (Lipinski definition) is 1. The molecule has 0 spiro atoms. The summed E-state index contributed by atoms with van der Waals surface area (Å²) in [5.41, 5.74) is 11.2. The predicted octanol–water partition coefficient (Wildman–Crippen LogP) is 3.53. The predicted molar refractivity (Wildman–Crippen MR) is 66.9 cm³/mol. The van der Waals surface area contributed by atoms with E-state index in [1.807, 2.05) is 0 Å². The van der Waals surface area contributed by atoms with Crippen LogP contribution < -0.4 is 5.73 Å². The van der Waals surface area contributed by atoms with E-state index in [9.17, 15) is 0 Å². The standard InChI is InChI=1S/C14H19N/c1-14(2,3)12-8-10-6-4-5-7-11(10)9-13(12)15/h4,6,8-9H,5,7,15H2,1-3H3. The van der Waals surface area contributed by atoms with Gasteiger partial charge in [-0.1, -0.05) is 32.9 Å². The van der Waals surface area contributed by atoms with Crippen molar-refractivity contribution in [1.29, 1.82) is 0 Å². The highest BCUT2D eigenvalue weighted by molar-refractivity contribution is 5.64. The molecule has 15 heavy (non-hydrogen) atoms. The fourth-order valence-electron chi connectivity index (χ4n) is 2.15. The molecule has 0 bridgehead atoms. The van der Waals surface area contributed by atoms with Crippen LogP contribution in [0.4, 0.5) is 5.69 Å². The fourth-order valence-corrected chi connectivity index (χ4v) is 2.15. The van der Waals surface area contributed by atoms with Crippen LogP contribution in [0.25, 0.3) is 6.08 Å². The lowest BCUT2D eigenvalue weighted by molar-refractivity contribution is 0.592. The van der Waals surface area contributed by atoms with Gasteiger partial charge in [-0.2, -0.15) is 0 Å². The van der Waals surface area contributed by atoms with Crippen molar-refractivity contribution in [2.75, 3.05) is 5.73 Å². The Bertz CT molecular complexity index is 408. The highest BCUT2D eigenvalue weighted by Gasteiger charge is 2.19. The molecule has 1 aliphatic rings. The first-order chi connectivity index (χ1) is 6.98. The number of fused-ring (bicyclic) bond motifs is 1. The molecule has 1 heteroatoms. The SMILES string of the molecule is CC(C)(C)c1cc2c(cc1N)CCC=C2. The minimum atomic E-state index is 0.129. The van der Waals surface area contributed by atoms with Crippen molar-refractivity contribution in [3.05, 3.63) is 34.9 Å². The molecule has 1 aromatic rings. The summed E-state index contributed by atoms with van der Waals surface area (Å²) in [5, 5.41) is 0. The number of nitrogens with two attached hydrogens (primary N) is 1. The Morgan fingerprint density at radius 3 is 2.60 bits per heavy atom. The number of rotatable bonds is 0. The molecule has 0 saturated heterocycles. The summed E-state index contributed by atoms with van der Waals surface area (Å²) >= 11 is 0. The number of aryl methyl sites for hydroxylation is 1. The third kappa shape index (κ3) is 1.92. The summed E-state index contributed by atoms with van der Waals surface area (Å²) in [6, 6.07) is 4.40. The lowest BCUT2D eigenvalue weighted by atomic mass is 9.82. The van der Waals surface area contributed by atoms with Gasteiger partial charge in [0.05, 0.1) is 0 Å². The molecule has 1 aromatic carbocycles. The van der Waals surface area contributed by atoms with Crippen molar-refractivity contribution in [3.63, 3.8) is 0 Å². The first-order valence-corrected chi connectivity index (χ1v) is 5.58. The molecular weight excluding hydrogens is 182 g/mol. The lowest BCUT2D eigenvalue weighted by Crippen LogP contribution is -2.15. The molecule has 0 saturated carbocycles. The maximum Gasteiger partial charge on any atom is 0.0355 e. The Balaban J connectivity index is 2.56. The largest absolute Gasteiger partial charge is 0.398 e. The van der Waals surface area contributed by atoms with Crippen molar-refractivity contribution >= 4 is 11.8 Å². The maximum atomic E-state index is 6.11. The summed E-state index contributed by atoms with van der Waals surface area (Å²) in [4.78, 5) is 0. The topological polar surface area (TPSA) is 26.0 Å². The number of hydrogen-bond donors (Lipinski definition) is 1. The van der Waals surface area contributed by atoms with Crippen LogP contribution in [-0.2, 0) is 11.8 Å². The van der Waals surface area contributed by atoms with Crippen LogP contribution in [0.3, 0.4) is 0 Å². The van der Waals surface area contributed by atoms with Gasteiger partial charge >= 0.3 is 0 Å². The van der Waals surface area contributed by atoms with Crippen molar-refractivity contribution in [2.24, 2.45) is 0 Å². The molecule has 0 heterocycles. The van der Waals surface area contributed by atoms with Crippen LogP contribution in [0.15, 0.2) is 18.2 Å². The maximum absolute atomic E-state index is 6.11. The molecule has 2 rings (SSSR count). The molecule has 0 aliphatic heterocycles. The minimum Gasteiger partial charge on any atom is -0.398 e. The van der Waals surface area contributed by atoms with E-state index >= 15 is 0 Å². The van der Waals surface area contributed by atoms with Crippen molar-refractivity contribution in [1.82, 2.24) is 0 Å². The van der Waals surface area contributed by atoms with E-state index in [1.54, 1.807) is 0 Å². The molecule has 0 atom stereocenters. The van der Waals surface area contributed by atoms with E-state index in [4.69, 9.17) is 5.73 Å². The van der Waals surface area contributed by atoms with Gasteiger partial charge in [-0.3, -0.25) is 0 Å². The normalized spacial score (nSPS) is 15.1. The molecule has 0 amide bonds. The Kier molecular flexibility index (Phi) is 2.34. The molecule has 80 valence electrons. The molecule has 1 nitrogen and oxygen atoms in total. The average Bonchev–Trinajstić information content (AvgIpc) is 2.15. The summed E-state index contributed by atoms with van der Waals surface area (Å²) in [6.45, 7) is 6.62. The van der Waals surface area contributed by atoms with Gasteiger partial charge in [-0.15, -0.1) is 0 Å². The van der Waals surface area contributed by atoms with Crippen LogP contribution in [0.5, 0.6) is 0 Å². The Morgan fingerprint density at radius 1 is 1.20 bits per heavy atom. The van der Waals surface area contributed by atoms with E-state index in [2.05, 4.69) is 45.1 Å². The molecular formula is C14H19N. The summed E-state index contributed by atoms with van der Waals surface area (Å²) in [7, 11) is 0. The highest BCUT2D eigenvalue weighted by atomic mass is 14.6. The van der Waals surface area contributed by atoms with Gasteiger partial charge in [0.2, 0.25) is 0 Å². The van der Waals surface area contributed by atoms with E-state index in [1.165, 1.54) is 16.7 Å². The van der Waals surface area contributed by atoms with E-state index < -0.39 is 0 Å². The van der Waals surface area contributed by atoms with Crippen LogP contribution in [0.2, 0.25) is 0 Å². The van der Waals surface area contributed by atoms with Crippen molar-refractivity contribution < 1.29 is 0 Å². The Labute approximate surface area is 92.0 Å². The van der Waals surface area contributed by atoms with Gasteiger partial charge in [0.1, 0.15) is 0 Å². The van der Waals surface area contributed by atoms with Gasteiger partial charge in [0.15, 0.2) is 0 Å². The van der Waals surface area contributed by atoms with Gasteiger partial charge < -0.3 is 5.73 Å². The van der Waals surface area contributed by atoms with E-state index in [0.717, 1.165) is 18.5 Å². The monoisotopic (exact) mass is 201 g/mol. The zero-order chi connectivity index (χ0) is 11.1. The van der Waals surface area contributed by atoms with Crippen LogP contribution in [-0.4, -0.2) is 0 Å². The first kappa shape index (κ1) is 10.3. The summed E-state index contributed by atoms with van der Waals surface area (Å²) < 4.78 is 0. The van der Waals surface area contributed by atoms with Crippen molar-refractivity contribution in [3.8, 4) is 0 Å². The van der Waals surface area contributed by atoms with E-state index in [0.29, 0.717) is 0 Å². The second kappa shape index (κ2) is 3.41. The van der Waals surface area contributed by atoms with Crippen molar-refractivity contribution in [2.45, 2.75) is 39.0 Å². The molecule has 0 unspecified atom stereocenters. The van der Waals surface area contributed by atoms with Crippen LogP contribution in [0.1, 0.15) is 43.9 Å². The van der Waals surface area contributed by atoms with Gasteiger partial charge in [0.25, 0.3) is 0 Å². The summed E-state index contributed by atoms with van der Waals surface area (Å²) in [6.07, 6.45) is 6.72. The zero-order valence-electron chi connectivity index (χ0n) is 9.80. The second-order valence-electron chi connectivity index (χ2n) is 5.33. The molecule has 0 aromatic heterocycles. The Hall–Kier alpha value is -1.24. The van der Waals surface area contributed by atoms with E-state index in [-0.39, 0.29) is 5.41 Å². The molecule has 2 N–H and O–H groups in total. The third-order valence-electron chi connectivity index (χ3n) is 3.00. The first-order valence-electron chi connectivity index (χ1n) is 5.58. The quantitative estimate of drug-likeness (QED) is 0.638. The Morgan fingerprint density at radius 2 is 1.93 bits per heavy atom. The van der Waals surface area contributed by atoms with Crippen LogP contribution in [0, 0.1) is 0 Å². The fraction of sp³-hybridized carbons (Fsp3) is 0.429. The number of benzene rings is 1. The number of anilines is 1. The second-order valence-corrected chi connectivity index (χ2v) is 5.33. The van der Waals surface area contributed by atoms with Gasteiger partial charge in [-0.25, -0.2) is 0 Å². The summed E-state index contributed by atoms with van der Waals surface area (Å²) in [5.74, 6) is 0. The minimum absolute atomic E-state index is 0.129. The lowest BCUT2D eigenvalue weighted by Gasteiger charge is -2.24. The molecule has 0 radical (unpaired) electrons. The number of allylic oxidation sites excluding steroid dienone is 1. The smallest absolute Gasteiger partial charge is 0.0355 e. The zero-order valence-corrected chi connectivity index (χ0v) is 9.80.